The number of thiophene rings is 1. The minimum atomic E-state index is -0.138. The van der Waals surface area contributed by atoms with Crippen LogP contribution >= 0.6 is 23.1 Å². The molecule has 1 unspecified atom stereocenters. The molecular formula is C14H21N3O2S2. The van der Waals surface area contributed by atoms with Gasteiger partial charge in [0.1, 0.15) is 9.88 Å². The Labute approximate surface area is 133 Å². The van der Waals surface area contributed by atoms with Crippen molar-refractivity contribution >= 4 is 39.7 Å². The summed E-state index contributed by atoms with van der Waals surface area (Å²) in [5.41, 5.74) is 6.74. The zero-order chi connectivity index (χ0) is 15.4. The van der Waals surface area contributed by atoms with E-state index in [1.807, 2.05) is 6.26 Å². The second-order valence-corrected chi connectivity index (χ2v) is 6.59. The molecule has 3 N–H and O–H groups in total. The van der Waals surface area contributed by atoms with Crippen LogP contribution in [-0.2, 0) is 4.74 Å². The molecule has 0 aromatic carbocycles. The SMILES string of the molecule is C=CCNC(=O)c1sc(N2CCC(OC)C2)c(SC)c1N. The zero-order valence-corrected chi connectivity index (χ0v) is 14.0. The fourth-order valence-corrected chi connectivity index (χ4v) is 4.47. The molecule has 1 atom stereocenters. The molecule has 0 radical (unpaired) electrons. The van der Waals surface area contributed by atoms with E-state index >= 15 is 0 Å². The highest BCUT2D eigenvalue weighted by atomic mass is 32.2. The van der Waals surface area contributed by atoms with Crippen LogP contribution in [0, 0.1) is 0 Å². The molecule has 1 aliphatic heterocycles. The normalized spacial score (nSPS) is 18.0. The second kappa shape index (κ2) is 7.20. The van der Waals surface area contributed by atoms with E-state index in [0.29, 0.717) is 17.1 Å². The van der Waals surface area contributed by atoms with E-state index < -0.39 is 0 Å². The average molecular weight is 327 g/mol. The number of nitrogens with zero attached hydrogens (tertiary/aromatic N) is 1. The standard InChI is InChI=1S/C14H21N3O2S2/c1-4-6-16-13(18)11-10(15)12(20-3)14(21-11)17-7-5-9(8-17)19-2/h4,9H,1,5-8,15H2,2-3H3,(H,16,18). The molecule has 0 saturated carbocycles. The summed E-state index contributed by atoms with van der Waals surface area (Å²) < 4.78 is 5.41. The third kappa shape index (κ3) is 3.36. The minimum Gasteiger partial charge on any atom is -0.396 e. The van der Waals surface area contributed by atoms with Gasteiger partial charge in [0.2, 0.25) is 0 Å². The van der Waals surface area contributed by atoms with Gasteiger partial charge in [0.05, 0.1) is 16.7 Å². The molecule has 116 valence electrons. The first-order valence-electron chi connectivity index (χ1n) is 6.75. The van der Waals surface area contributed by atoms with Gasteiger partial charge in [0.15, 0.2) is 0 Å². The van der Waals surface area contributed by atoms with Crippen LogP contribution < -0.4 is 16.0 Å². The van der Waals surface area contributed by atoms with Crippen LogP contribution in [0.15, 0.2) is 17.6 Å². The molecule has 1 aromatic heterocycles. The molecule has 2 rings (SSSR count). The van der Waals surface area contributed by atoms with Gasteiger partial charge >= 0.3 is 0 Å². The highest BCUT2D eigenvalue weighted by Crippen LogP contribution is 2.44. The molecule has 0 aliphatic carbocycles. The van der Waals surface area contributed by atoms with Crippen LogP contribution in [0.25, 0.3) is 0 Å². The Kier molecular flexibility index (Phi) is 5.55. The summed E-state index contributed by atoms with van der Waals surface area (Å²) in [4.78, 5) is 16.0. The molecule has 21 heavy (non-hydrogen) atoms. The van der Waals surface area contributed by atoms with Gasteiger partial charge in [0.25, 0.3) is 5.91 Å². The first kappa shape index (κ1) is 16.2. The minimum absolute atomic E-state index is 0.138. The third-order valence-electron chi connectivity index (χ3n) is 3.47. The number of nitrogen functional groups attached to an aromatic ring is 1. The number of nitrogens with two attached hydrogens (primary N) is 1. The number of hydrogen-bond acceptors (Lipinski definition) is 6. The lowest BCUT2D eigenvalue weighted by molar-refractivity contribution is 0.0962. The fraction of sp³-hybridized carbons (Fsp3) is 0.500. The van der Waals surface area contributed by atoms with Crippen LogP contribution in [0.1, 0.15) is 16.1 Å². The summed E-state index contributed by atoms with van der Waals surface area (Å²) in [5, 5.41) is 3.86. The smallest absolute Gasteiger partial charge is 0.263 e. The first-order valence-corrected chi connectivity index (χ1v) is 8.79. The molecule has 0 bridgehead atoms. The topological polar surface area (TPSA) is 67.6 Å². The second-order valence-electron chi connectivity index (χ2n) is 4.77. The molecule has 1 aliphatic rings. The van der Waals surface area contributed by atoms with E-state index in [2.05, 4.69) is 16.8 Å². The highest BCUT2D eigenvalue weighted by Gasteiger charge is 2.29. The van der Waals surface area contributed by atoms with E-state index in [0.717, 1.165) is 29.4 Å². The van der Waals surface area contributed by atoms with Crippen molar-refractivity contribution in [1.29, 1.82) is 0 Å². The van der Waals surface area contributed by atoms with Crippen molar-refractivity contribution in [2.75, 3.05) is 43.6 Å². The Morgan fingerprint density at radius 2 is 2.48 bits per heavy atom. The Morgan fingerprint density at radius 3 is 3.05 bits per heavy atom. The quantitative estimate of drug-likeness (QED) is 0.619. The Hall–Kier alpha value is -1.18. The Bertz CT molecular complexity index is 531. The van der Waals surface area contributed by atoms with E-state index in [9.17, 15) is 4.79 Å². The fourth-order valence-electron chi connectivity index (χ4n) is 2.34. The number of carbonyl (C=O) groups is 1. The van der Waals surface area contributed by atoms with E-state index in [1.54, 1.807) is 24.9 Å². The number of methoxy groups -OCH3 is 1. The molecule has 2 heterocycles. The molecule has 5 nitrogen and oxygen atoms in total. The highest BCUT2D eigenvalue weighted by molar-refractivity contribution is 7.99. The number of rotatable bonds is 6. The van der Waals surface area contributed by atoms with Crippen molar-refractivity contribution in [3.05, 3.63) is 17.5 Å². The summed E-state index contributed by atoms with van der Waals surface area (Å²) >= 11 is 3.04. The van der Waals surface area contributed by atoms with Gasteiger partial charge in [-0.25, -0.2) is 0 Å². The molecular weight excluding hydrogens is 306 g/mol. The van der Waals surface area contributed by atoms with Gasteiger partial charge in [-0.2, -0.15) is 0 Å². The van der Waals surface area contributed by atoms with Crippen LogP contribution in [0.4, 0.5) is 10.7 Å². The van der Waals surface area contributed by atoms with E-state index in [1.165, 1.54) is 11.3 Å². The predicted octanol–water partition coefficient (Wildman–Crippen LogP) is 2.19. The van der Waals surface area contributed by atoms with Crippen molar-refractivity contribution in [2.24, 2.45) is 0 Å². The van der Waals surface area contributed by atoms with E-state index in [-0.39, 0.29) is 12.0 Å². The number of amides is 1. The van der Waals surface area contributed by atoms with E-state index in [4.69, 9.17) is 10.5 Å². The lowest BCUT2D eigenvalue weighted by atomic mass is 10.3. The van der Waals surface area contributed by atoms with Crippen LogP contribution in [0.3, 0.4) is 0 Å². The maximum absolute atomic E-state index is 12.2. The van der Waals surface area contributed by atoms with Crippen LogP contribution in [-0.4, -0.2) is 45.0 Å². The monoisotopic (exact) mass is 327 g/mol. The van der Waals surface area contributed by atoms with Crippen LogP contribution in [0.2, 0.25) is 0 Å². The van der Waals surface area contributed by atoms with Crippen LogP contribution in [0.5, 0.6) is 0 Å². The van der Waals surface area contributed by atoms with Gasteiger partial charge in [-0.05, 0) is 12.7 Å². The number of thioether (sulfide) groups is 1. The third-order valence-corrected chi connectivity index (χ3v) is 5.68. The molecule has 0 spiro atoms. The zero-order valence-electron chi connectivity index (χ0n) is 12.3. The number of nitrogens with one attached hydrogen (secondary N) is 1. The Balaban J connectivity index is 2.26. The van der Waals surface area contributed by atoms with Gasteiger partial charge in [0, 0.05) is 26.7 Å². The number of anilines is 2. The first-order chi connectivity index (χ1) is 10.1. The molecule has 1 fully saturated rings. The maximum atomic E-state index is 12.2. The number of carbonyl (C=O) groups excluding carboxylic acids is 1. The lowest BCUT2D eigenvalue weighted by Crippen LogP contribution is -2.23. The van der Waals surface area contributed by atoms with Gasteiger partial charge < -0.3 is 20.7 Å². The maximum Gasteiger partial charge on any atom is 0.263 e. The average Bonchev–Trinajstić information content (AvgIpc) is 3.08. The van der Waals surface area contributed by atoms with Crippen molar-refractivity contribution in [3.8, 4) is 0 Å². The number of ether oxygens (including phenoxy) is 1. The van der Waals surface area contributed by atoms with Gasteiger partial charge in [-0.1, -0.05) is 6.08 Å². The predicted molar refractivity (Wildman–Crippen MR) is 90.7 cm³/mol. The van der Waals surface area contributed by atoms with Crippen molar-refractivity contribution in [1.82, 2.24) is 5.32 Å². The summed E-state index contributed by atoms with van der Waals surface area (Å²) in [5.74, 6) is -0.138. The van der Waals surface area contributed by atoms with Crippen molar-refractivity contribution < 1.29 is 9.53 Å². The summed E-state index contributed by atoms with van der Waals surface area (Å²) in [6, 6.07) is 0. The van der Waals surface area contributed by atoms with Crippen molar-refractivity contribution in [3.63, 3.8) is 0 Å². The van der Waals surface area contributed by atoms with Gasteiger partial charge in [-0.15, -0.1) is 29.7 Å². The molecule has 1 aromatic rings. The summed E-state index contributed by atoms with van der Waals surface area (Å²) in [6.07, 6.45) is 4.89. The van der Waals surface area contributed by atoms with Gasteiger partial charge in [-0.3, -0.25) is 4.79 Å². The summed E-state index contributed by atoms with van der Waals surface area (Å²) in [6.45, 7) is 5.81. The van der Waals surface area contributed by atoms with Crippen molar-refractivity contribution in [2.45, 2.75) is 17.4 Å². The Morgan fingerprint density at radius 1 is 1.71 bits per heavy atom. The largest absolute Gasteiger partial charge is 0.396 e. The summed E-state index contributed by atoms with van der Waals surface area (Å²) in [7, 11) is 1.74. The molecule has 7 heteroatoms. The number of hydrogen-bond donors (Lipinski definition) is 2. The molecule has 1 amide bonds. The lowest BCUT2D eigenvalue weighted by Gasteiger charge is -2.17. The molecule has 1 saturated heterocycles.